The van der Waals surface area contributed by atoms with Crippen molar-refractivity contribution in [2.75, 3.05) is 0 Å². The van der Waals surface area contributed by atoms with E-state index in [2.05, 4.69) is 9.72 Å². The molecular weight excluding hydrogens is 229 g/mol. The molecule has 0 radical (unpaired) electrons. The highest BCUT2D eigenvalue weighted by molar-refractivity contribution is 7.09. The molecule has 0 saturated heterocycles. The van der Waals surface area contributed by atoms with Crippen LogP contribution in [0.5, 0.6) is 0 Å². The number of alkyl halides is 3. The van der Waals surface area contributed by atoms with Gasteiger partial charge in [-0.2, -0.15) is 13.2 Å². The predicted octanol–water partition coefficient (Wildman–Crippen LogP) is 2.07. The van der Waals surface area contributed by atoms with Gasteiger partial charge in [-0.1, -0.05) is 0 Å². The highest BCUT2D eigenvalue weighted by Gasteiger charge is 2.36. The second-order valence-corrected chi connectivity index (χ2v) is 3.87. The highest BCUT2D eigenvalue weighted by Crippen LogP contribution is 2.23. The average Bonchev–Trinajstić information content (AvgIpc) is 2.60. The van der Waals surface area contributed by atoms with Gasteiger partial charge in [-0.25, -0.2) is 4.98 Å². The van der Waals surface area contributed by atoms with Crippen LogP contribution in [-0.4, -0.2) is 17.3 Å². The molecule has 86 valence electrons. The second kappa shape index (κ2) is 4.91. The Morgan fingerprint density at radius 1 is 1.60 bits per heavy atom. The van der Waals surface area contributed by atoms with Gasteiger partial charge in [0, 0.05) is 11.9 Å². The Hall–Kier alpha value is -0.660. The molecule has 0 spiro atoms. The molecule has 0 aliphatic carbocycles. The maximum Gasteiger partial charge on any atom is 0.414 e. The van der Waals surface area contributed by atoms with E-state index >= 15 is 0 Å². The smallest absolute Gasteiger partial charge is 0.363 e. The molecule has 15 heavy (non-hydrogen) atoms. The number of aromatic nitrogens is 1. The summed E-state index contributed by atoms with van der Waals surface area (Å²) in [6, 6.07) is 0. The average molecular weight is 240 g/mol. The van der Waals surface area contributed by atoms with Gasteiger partial charge in [0.05, 0.1) is 12.3 Å². The Labute approximate surface area is 89.1 Å². The number of halogens is 3. The summed E-state index contributed by atoms with van der Waals surface area (Å²) >= 11 is 1.31. The fourth-order valence-corrected chi connectivity index (χ4v) is 1.47. The van der Waals surface area contributed by atoms with Gasteiger partial charge < -0.3 is 10.5 Å². The van der Waals surface area contributed by atoms with Crippen molar-refractivity contribution in [1.82, 2.24) is 4.98 Å². The number of hydrogen-bond acceptors (Lipinski definition) is 4. The molecule has 0 saturated carbocycles. The van der Waals surface area contributed by atoms with Crippen LogP contribution in [0.4, 0.5) is 13.2 Å². The first-order valence-corrected chi connectivity index (χ1v) is 5.13. The van der Waals surface area contributed by atoms with Crippen molar-refractivity contribution in [3.05, 3.63) is 16.1 Å². The molecule has 1 unspecified atom stereocenters. The quantitative estimate of drug-likeness (QED) is 0.876. The van der Waals surface area contributed by atoms with Crippen LogP contribution >= 0.6 is 11.3 Å². The van der Waals surface area contributed by atoms with Crippen molar-refractivity contribution in [2.24, 2.45) is 5.73 Å². The topological polar surface area (TPSA) is 48.1 Å². The molecule has 1 rings (SSSR count). The molecule has 0 fully saturated rings. The van der Waals surface area contributed by atoms with Crippen molar-refractivity contribution >= 4 is 11.3 Å². The molecule has 7 heteroatoms. The van der Waals surface area contributed by atoms with Crippen molar-refractivity contribution in [1.29, 1.82) is 0 Å². The maximum atomic E-state index is 12.1. The first-order valence-electron chi connectivity index (χ1n) is 4.25. The molecular formula is C8H11F3N2OS. The lowest BCUT2D eigenvalue weighted by molar-refractivity contribution is -0.217. The predicted molar refractivity (Wildman–Crippen MR) is 50.3 cm³/mol. The van der Waals surface area contributed by atoms with E-state index in [0.29, 0.717) is 17.2 Å². The summed E-state index contributed by atoms with van der Waals surface area (Å²) in [5.41, 5.74) is 5.80. The minimum Gasteiger partial charge on any atom is -0.363 e. The Morgan fingerprint density at radius 2 is 2.27 bits per heavy atom. The van der Waals surface area contributed by atoms with Gasteiger partial charge in [-0.05, 0) is 6.92 Å². The lowest BCUT2D eigenvalue weighted by Crippen LogP contribution is -2.28. The summed E-state index contributed by atoms with van der Waals surface area (Å²) in [6.45, 7) is 1.12. The third-order valence-corrected chi connectivity index (χ3v) is 2.64. The zero-order valence-corrected chi connectivity index (χ0v) is 8.86. The molecule has 3 nitrogen and oxygen atoms in total. The van der Waals surface area contributed by atoms with Crippen molar-refractivity contribution in [3.8, 4) is 0 Å². The van der Waals surface area contributed by atoms with Crippen LogP contribution in [-0.2, 0) is 17.9 Å². The number of nitrogens with two attached hydrogens (primary N) is 1. The third kappa shape index (κ3) is 3.77. The highest BCUT2D eigenvalue weighted by atomic mass is 32.1. The van der Waals surface area contributed by atoms with Gasteiger partial charge >= 0.3 is 6.18 Å². The van der Waals surface area contributed by atoms with Crippen molar-refractivity contribution in [3.63, 3.8) is 0 Å². The molecule has 0 bridgehead atoms. The summed E-state index contributed by atoms with van der Waals surface area (Å²) in [4.78, 5) is 3.98. The fraction of sp³-hybridized carbons (Fsp3) is 0.625. The molecule has 0 aromatic carbocycles. The summed E-state index contributed by atoms with van der Waals surface area (Å²) < 4.78 is 40.8. The van der Waals surface area contributed by atoms with Gasteiger partial charge in [0.2, 0.25) is 0 Å². The van der Waals surface area contributed by atoms with Gasteiger partial charge in [-0.15, -0.1) is 11.3 Å². The molecule has 1 heterocycles. The van der Waals surface area contributed by atoms with E-state index in [1.807, 2.05) is 0 Å². The van der Waals surface area contributed by atoms with Gasteiger partial charge in [0.15, 0.2) is 6.10 Å². The number of ether oxygens (including phenoxy) is 1. The van der Waals surface area contributed by atoms with Crippen LogP contribution in [0.3, 0.4) is 0 Å². The largest absolute Gasteiger partial charge is 0.414 e. The summed E-state index contributed by atoms with van der Waals surface area (Å²) in [6.07, 6.45) is -6.10. The van der Waals surface area contributed by atoms with Crippen LogP contribution in [0.15, 0.2) is 5.38 Å². The molecule has 1 aromatic rings. The Morgan fingerprint density at radius 3 is 2.73 bits per heavy atom. The molecule has 1 aromatic heterocycles. The standard InChI is InChI=1S/C8H11F3N2OS/c1-5(8(9,10)11)14-3-6-4-15-7(2-12)13-6/h4-5H,2-3,12H2,1H3. The molecule has 0 amide bonds. The van der Waals surface area contributed by atoms with Crippen molar-refractivity contribution in [2.45, 2.75) is 32.4 Å². The summed E-state index contributed by atoms with van der Waals surface area (Å²) in [7, 11) is 0. The van der Waals surface area contributed by atoms with Gasteiger partial charge in [0.1, 0.15) is 5.01 Å². The van der Waals surface area contributed by atoms with Crippen LogP contribution in [0, 0.1) is 0 Å². The lowest BCUT2D eigenvalue weighted by atomic mass is 10.4. The van der Waals surface area contributed by atoms with E-state index in [4.69, 9.17) is 5.73 Å². The minimum atomic E-state index is -4.33. The monoisotopic (exact) mass is 240 g/mol. The fourth-order valence-electron chi connectivity index (χ4n) is 0.814. The summed E-state index contributed by atoms with van der Waals surface area (Å²) in [5.74, 6) is 0. The molecule has 1 atom stereocenters. The summed E-state index contributed by atoms with van der Waals surface area (Å²) in [5, 5.41) is 2.33. The first kappa shape index (κ1) is 12.4. The Bertz CT molecular complexity index is 313. The van der Waals surface area contributed by atoms with E-state index in [-0.39, 0.29) is 6.61 Å². The zero-order valence-electron chi connectivity index (χ0n) is 8.04. The van der Waals surface area contributed by atoms with E-state index in [1.54, 1.807) is 5.38 Å². The van der Waals surface area contributed by atoms with E-state index in [9.17, 15) is 13.2 Å². The number of hydrogen-bond donors (Lipinski definition) is 1. The van der Waals surface area contributed by atoms with Gasteiger partial charge in [-0.3, -0.25) is 0 Å². The Kier molecular flexibility index (Phi) is 4.06. The second-order valence-electron chi connectivity index (χ2n) is 2.93. The van der Waals surface area contributed by atoms with E-state index < -0.39 is 12.3 Å². The molecule has 0 aliphatic rings. The lowest BCUT2D eigenvalue weighted by Gasteiger charge is -2.15. The zero-order chi connectivity index (χ0) is 11.5. The van der Waals surface area contributed by atoms with Crippen LogP contribution in [0.25, 0.3) is 0 Å². The van der Waals surface area contributed by atoms with E-state index in [0.717, 1.165) is 6.92 Å². The number of nitrogens with zero attached hydrogens (tertiary/aromatic N) is 1. The van der Waals surface area contributed by atoms with Crippen molar-refractivity contribution < 1.29 is 17.9 Å². The van der Waals surface area contributed by atoms with E-state index in [1.165, 1.54) is 11.3 Å². The van der Waals surface area contributed by atoms with Crippen LogP contribution in [0.1, 0.15) is 17.6 Å². The number of rotatable bonds is 4. The minimum absolute atomic E-state index is 0.142. The van der Waals surface area contributed by atoms with Gasteiger partial charge in [0.25, 0.3) is 0 Å². The van der Waals surface area contributed by atoms with Crippen LogP contribution in [0.2, 0.25) is 0 Å². The number of thiazole rings is 1. The maximum absolute atomic E-state index is 12.1. The third-order valence-electron chi connectivity index (χ3n) is 1.72. The Balaban J connectivity index is 2.43. The molecule has 2 N–H and O–H groups in total. The normalized spacial score (nSPS) is 14.2. The van der Waals surface area contributed by atoms with Crippen LogP contribution < -0.4 is 5.73 Å². The molecule has 0 aliphatic heterocycles. The SMILES string of the molecule is CC(OCc1csc(CN)n1)C(F)(F)F. The first-order chi connectivity index (χ1) is 6.93.